The Kier molecular flexibility index (Phi) is 13.2. The van der Waals surface area contributed by atoms with Crippen LogP contribution in [-0.2, 0) is 28.6 Å². The van der Waals surface area contributed by atoms with Crippen LogP contribution in [0.3, 0.4) is 0 Å². The molecule has 344 valence electrons. The molecule has 8 rings (SSSR count). The molecule has 4 heterocycles. The first kappa shape index (κ1) is 45.6. The summed E-state index contributed by atoms with van der Waals surface area (Å²) >= 11 is 8.57. The number of nitrogens with zero attached hydrogens (tertiary/aromatic N) is 4. The number of allylic oxidation sites excluding steroid dienone is 1. The summed E-state index contributed by atoms with van der Waals surface area (Å²) in [5.41, 5.74) is 0.713. The number of hydrogen-bond donors (Lipinski definition) is 3. The van der Waals surface area contributed by atoms with Crippen molar-refractivity contribution < 1.29 is 42.9 Å². The van der Waals surface area contributed by atoms with Crippen molar-refractivity contribution in [2.24, 2.45) is 17.3 Å². The molecular formula is C46H58ClN7O9S. The SMILES string of the molecule is C=C[C@@H]1CC1(NC(=O)[C@@H]1CC(Oc2cc(-c3csc(NC(C)C)n3)nc3c(Cl)c(OCCN4CCOCC4)ccc23)CN1C(=O)[C@@H](NC(=O)O[C@@H]1C=C2C[C@@H]2C1)C(C)(C)C)C(=O)OC. The van der Waals surface area contributed by atoms with Crippen molar-refractivity contribution in [2.75, 3.05) is 58.4 Å². The van der Waals surface area contributed by atoms with Crippen LogP contribution in [0.1, 0.15) is 60.3 Å². The number of aromatic nitrogens is 2. The number of fused-ring (bicyclic) bond motifs is 2. The number of methoxy groups -OCH3 is 1. The van der Waals surface area contributed by atoms with E-state index in [4.69, 9.17) is 45.3 Å². The lowest BCUT2D eigenvalue weighted by atomic mass is 9.85. The van der Waals surface area contributed by atoms with Gasteiger partial charge in [-0.05, 0) is 62.7 Å². The second-order valence-corrected chi connectivity index (χ2v) is 19.9. The van der Waals surface area contributed by atoms with Crippen molar-refractivity contribution in [1.82, 2.24) is 30.4 Å². The maximum absolute atomic E-state index is 14.9. The van der Waals surface area contributed by atoms with Crippen LogP contribution in [0.5, 0.6) is 11.5 Å². The molecule has 2 aliphatic heterocycles. The molecular weight excluding hydrogens is 862 g/mol. The first-order valence-corrected chi connectivity index (χ1v) is 23.3. The number of rotatable bonds is 16. The molecule has 3 aromatic rings. The number of pyridine rings is 1. The Morgan fingerprint density at radius 2 is 1.89 bits per heavy atom. The summed E-state index contributed by atoms with van der Waals surface area (Å²) in [6.07, 6.45) is 3.91. The first-order chi connectivity index (χ1) is 30.6. The van der Waals surface area contributed by atoms with Gasteiger partial charge in [0.2, 0.25) is 11.8 Å². The third-order valence-electron chi connectivity index (χ3n) is 12.5. The molecule has 5 aliphatic rings. The summed E-state index contributed by atoms with van der Waals surface area (Å²) in [5.74, 6) is -0.673. The van der Waals surface area contributed by atoms with Gasteiger partial charge in [0.05, 0.1) is 38.1 Å². The predicted molar refractivity (Wildman–Crippen MR) is 243 cm³/mol. The Bertz CT molecular complexity index is 2330. The number of thiazole rings is 1. The molecule has 3 N–H and O–H groups in total. The minimum Gasteiger partial charge on any atom is -0.491 e. The average molecular weight is 921 g/mol. The molecule has 3 amide bonds. The number of ether oxygens (including phenoxy) is 5. The highest BCUT2D eigenvalue weighted by atomic mass is 35.5. The molecule has 0 bridgehead atoms. The molecule has 2 aromatic heterocycles. The van der Waals surface area contributed by atoms with Gasteiger partial charge in [-0.3, -0.25) is 14.5 Å². The summed E-state index contributed by atoms with van der Waals surface area (Å²) in [6, 6.07) is 3.39. The van der Waals surface area contributed by atoms with Crippen molar-refractivity contribution in [3.63, 3.8) is 0 Å². The topological polar surface area (TPSA) is 183 Å². The van der Waals surface area contributed by atoms with E-state index in [0.29, 0.717) is 77.5 Å². The molecule has 2 saturated carbocycles. The summed E-state index contributed by atoms with van der Waals surface area (Å²) in [7, 11) is 1.27. The number of likely N-dealkylation sites (tertiary alicyclic amines) is 1. The van der Waals surface area contributed by atoms with E-state index in [1.54, 1.807) is 18.2 Å². The number of hydrogen-bond acceptors (Lipinski definition) is 14. The van der Waals surface area contributed by atoms with Crippen LogP contribution in [-0.4, -0.2) is 133 Å². The molecule has 18 heteroatoms. The Hall–Kier alpha value is -4.97. The quantitative estimate of drug-likeness (QED) is 0.113. The Labute approximate surface area is 382 Å². The fraction of sp³-hybridized carbons (Fsp3) is 0.565. The molecule has 1 aromatic carbocycles. The third-order valence-corrected chi connectivity index (χ3v) is 13.7. The number of benzene rings is 1. The van der Waals surface area contributed by atoms with Crippen molar-refractivity contribution in [2.45, 2.75) is 96.2 Å². The van der Waals surface area contributed by atoms with Gasteiger partial charge in [-0.2, -0.15) is 0 Å². The summed E-state index contributed by atoms with van der Waals surface area (Å²) < 4.78 is 29.4. The van der Waals surface area contributed by atoms with Gasteiger partial charge < -0.3 is 44.5 Å². The van der Waals surface area contributed by atoms with Gasteiger partial charge in [-0.25, -0.2) is 19.6 Å². The Balaban J connectivity index is 1.10. The number of morpholine rings is 1. The molecule has 16 nitrogen and oxygen atoms in total. The monoisotopic (exact) mass is 919 g/mol. The van der Waals surface area contributed by atoms with Gasteiger partial charge in [0.1, 0.15) is 58.7 Å². The van der Waals surface area contributed by atoms with E-state index in [2.05, 4.69) is 27.4 Å². The number of esters is 1. The zero-order valence-corrected chi connectivity index (χ0v) is 38.8. The minimum absolute atomic E-state index is 0.0263. The van der Waals surface area contributed by atoms with E-state index >= 15 is 0 Å². The van der Waals surface area contributed by atoms with E-state index in [0.717, 1.165) is 31.1 Å². The van der Waals surface area contributed by atoms with Crippen molar-refractivity contribution in [1.29, 1.82) is 0 Å². The highest BCUT2D eigenvalue weighted by molar-refractivity contribution is 7.14. The molecule has 7 atom stereocenters. The smallest absolute Gasteiger partial charge is 0.408 e. The van der Waals surface area contributed by atoms with Crippen LogP contribution < -0.4 is 25.4 Å². The van der Waals surface area contributed by atoms with Crippen LogP contribution in [0, 0.1) is 17.3 Å². The van der Waals surface area contributed by atoms with Crippen molar-refractivity contribution >= 4 is 62.8 Å². The molecule has 64 heavy (non-hydrogen) atoms. The molecule has 2 saturated heterocycles. The Morgan fingerprint density at radius 3 is 2.56 bits per heavy atom. The Morgan fingerprint density at radius 1 is 1.11 bits per heavy atom. The van der Waals surface area contributed by atoms with E-state index in [-0.39, 0.29) is 31.0 Å². The zero-order chi connectivity index (χ0) is 45.5. The second-order valence-electron chi connectivity index (χ2n) is 18.7. The van der Waals surface area contributed by atoms with Crippen molar-refractivity contribution in [3.8, 4) is 22.9 Å². The number of nitrogens with one attached hydrogen (secondary N) is 3. The van der Waals surface area contributed by atoms with E-state index in [1.165, 1.54) is 28.9 Å². The lowest BCUT2D eigenvalue weighted by Crippen LogP contribution is -2.59. The lowest BCUT2D eigenvalue weighted by molar-refractivity contribution is -0.148. The third kappa shape index (κ3) is 9.82. The second kappa shape index (κ2) is 18.5. The summed E-state index contributed by atoms with van der Waals surface area (Å²) in [6.45, 7) is 17.5. The van der Waals surface area contributed by atoms with Crippen molar-refractivity contribution in [3.05, 3.63) is 52.9 Å². The van der Waals surface area contributed by atoms with Crippen LogP contribution in [0.4, 0.5) is 9.93 Å². The largest absolute Gasteiger partial charge is 0.491 e. The van der Waals surface area contributed by atoms with E-state index in [9.17, 15) is 19.2 Å². The standard InChI is InChI=1S/C46H58ClN7O9S/c1-8-28-22-46(28,42(57)59-7)52-40(55)34-20-30(23-54(34)41(56)39(45(4,5)6)51-44(58)63-29-18-26-17-27(26)19-29)62-36-21-32(33-24-64-43(50-33)48-25(2)3)49-38-31(36)9-10-35(37(38)47)61-16-13-53-11-14-60-15-12-53/h8-10,18,21,24-25,27-30,34,39H,1,11-17,19-20,22-23H2,2-7H3,(H,48,50)(H,51,58)(H,52,55)/t27-,28-,29-,30?,34+,39-,46?/m1/s1. The number of alkyl carbamates (subject to hydrolysis) is 1. The molecule has 2 unspecified atom stereocenters. The summed E-state index contributed by atoms with van der Waals surface area (Å²) in [5, 5.41) is 12.6. The highest BCUT2D eigenvalue weighted by Gasteiger charge is 2.62. The zero-order valence-electron chi connectivity index (χ0n) is 37.2. The van der Waals surface area contributed by atoms with Crippen LogP contribution in [0.15, 0.2) is 47.9 Å². The fourth-order valence-corrected chi connectivity index (χ4v) is 9.96. The van der Waals surface area contributed by atoms with Gasteiger partial charge in [0, 0.05) is 54.8 Å². The maximum Gasteiger partial charge on any atom is 0.408 e. The highest BCUT2D eigenvalue weighted by Crippen LogP contribution is 2.48. The average Bonchev–Trinajstić information content (AvgIpc) is 3.92. The normalized spacial score (nSPS) is 25.5. The number of halogens is 1. The predicted octanol–water partition coefficient (Wildman–Crippen LogP) is 5.98. The molecule has 0 spiro atoms. The minimum atomic E-state index is -1.31. The van der Waals surface area contributed by atoms with Gasteiger partial charge >= 0.3 is 12.1 Å². The lowest BCUT2D eigenvalue weighted by Gasteiger charge is -2.35. The van der Waals surface area contributed by atoms with E-state index in [1.807, 2.05) is 52.1 Å². The van der Waals surface area contributed by atoms with Gasteiger partial charge in [-0.1, -0.05) is 44.0 Å². The van der Waals surface area contributed by atoms with Crippen LogP contribution >= 0.6 is 22.9 Å². The summed E-state index contributed by atoms with van der Waals surface area (Å²) in [4.78, 5) is 69.3. The van der Waals surface area contributed by atoms with Gasteiger partial charge in [0.25, 0.3) is 0 Å². The maximum atomic E-state index is 14.9. The van der Waals surface area contributed by atoms with Crippen LogP contribution in [0.2, 0.25) is 5.02 Å². The first-order valence-electron chi connectivity index (χ1n) is 22.0. The molecule has 0 radical (unpaired) electrons. The fourth-order valence-electron chi connectivity index (χ4n) is 8.84. The van der Waals surface area contributed by atoms with Crippen LogP contribution in [0.25, 0.3) is 22.3 Å². The molecule has 4 fully saturated rings. The van der Waals surface area contributed by atoms with E-state index < -0.39 is 53.0 Å². The number of carbonyl (C=O) groups excluding carboxylic acids is 4. The number of amides is 3. The molecule has 3 aliphatic carbocycles. The van der Waals surface area contributed by atoms with Gasteiger partial charge in [0.15, 0.2) is 5.13 Å². The van der Waals surface area contributed by atoms with Gasteiger partial charge in [-0.15, -0.1) is 17.9 Å². The number of carbonyl (C=O) groups is 4. The number of anilines is 1.